The minimum Gasteiger partial charge on any atom is -0.481 e. The predicted octanol–water partition coefficient (Wildman–Crippen LogP) is 3.02. The number of aryl methyl sites for hydroxylation is 1. The normalized spacial score (nSPS) is 11.8. The van der Waals surface area contributed by atoms with Gasteiger partial charge < -0.3 is 19.6 Å². The second-order valence-corrected chi connectivity index (χ2v) is 5.36. The quantitative estimate of drug-likeness (QED) is 0.845. The maximum Gasteiger partial charge on any atom is 0.339 e. The number of carbonyl (C=O) groups excluding carboxylic acids is 1. The lowest BCUT2D eigenvalue weighted by atomic mass is 10.2. The first-order valence-corrected chi connectivity index (χ1v) is 7.27. The van der Waals surface area contributed by atoms with E-state index in [1.165, 1.54) is 6.07 Å². The minimum atomic E-state index is -1.07. The number of nitrogens with one attached hydrogen (secondary N) is 1. The molecule has 0 aliphatic carbocycles. The van der Waals surface area contributed by atoms with Gasteiger partial charge in [-0.1, -0.05) is 17.7 Å². The summed E-state index contributed by atoms with van der Waals surface area (Å²) in [7, 11) is 0. The van der Waals surface area contributed by atoms with Gasteiger partial charge >= 0.3 is 5.97 Å². The molecular formula is C16H16ClNO5. The van der Waals surface area contributed by atoms with Crippen molar-refractivity contribution in [2.75, 3.05) is 0 Å². The molecule has 2 N–H and O–H groups in total. The summed E-state index contributed by atoms with van der Waals surface area (Å²) in [6, 6.07) is 8.13. The Morgan fingerprint density at radius 1 is 1.39 bits per heavy atom. The highest BCUT2D eigenvalue weighted by atomic mass is 35.5. The smallest absolute Gasteiger partial charge is 0.339 e. The lowest BCUT2D eigenvalue weighted by Crippen LogP contribution is -2.35. The number of carbonyl (C=O) groups is 2. The van der Waals surface area contributed by atoms with Gasteiger partial charge in [0, 0.05) is 5.02 Å². The predicted molar refractivity (Wildman–Crippen MR) is 83.8 cm³/mol. The molecule has 2 aromatic rings. The van der Waals surface area contributed by atoms with Crippen molar-refractivity contribution >= 4 is 23.5 Å². The van der Waals surface area contributed by atoms with E-state index in [4.69, 9.17) is 25.9 Å². The Labute approximate surface area is 138 Å². The second-order valence-electron chi connectivity index (χ2n) is 4.92. The monoisotopic (exact) mass is 337 g/mol. The summed E-state index contributed by atoms with van der Waals surface area (Å²) in [4.78, 5) is 22.9. The van der Waals surface area contributed by atoms with Crippen LogP contribution >= 0.6 is 11.6 Å². The van der Waals surface area contributed by atoms with E-state index < -0.39 is 12.1 Å². The molecular weight excluding hydrogens is 322 g/mol. The van der Waals surface area contributed by atoms with Crippen LogP contribution in [0.5, 0.6) is 5.75 Å². The first kappa shape index (κ1) is 16.9. The van der Waals surface area contributed by atoms with Crippen LogP contribution in [-0.4, -0.2) is 23.1 Å². The number of furan rings is 1. The maximum atomic E-state index is 12.0. The molecule has 0 saturated heterocycles. The summed E-state index contributed by atoms with van der Waals surface area (Å²) in [5.41, 5.74) is 0.0810. The fourth-order valence-corrected chi connectivity index (χ4v) is 2.14. The van der Waals surface area contributed by atoms with Gasteiger partial charge in [-0.15, -0.1) is 0 Å². The summed E-state index contributed by atoms with van der Waals surface area (Å²) >= 11 is 5.85. The number of benzene rings is 1. The molecule has 0 radical (unpaired) electrons. The molecule has 0 aliphatic heterocycles. The van der Waals surface area contributed by atoms with E-state index in [0.717, 1.165) is 0 Å². The van der Waals surface area contributed by atoms with Gasteiger partial charge in [-0.2, -0.15) is 0 Å². The molecule has 6 nitrogen and oxygen atoms in total. The Morgan fingerprint density at radius 3 is 2.74 bits per heavy atom. The van der Waals surface area contributed by atoms with E-state index in [9.17, 15) is 9.59 Å². The third-order valence-electron chi connectivity index (χ3n) is 3.11. The largest absolute Gasteiger partial charge is 0.481 e. The standard InChI is InChI=1S/C16H16ClNO5/c1-9-14(16(20)21)7-13(22-9)8-18-15(19)10(2)23-12-5-3-4-11(17)6-12/h3-7,10H,8H2,1-2H3,(H,18,19)(H,20,21). The molecule has 0 fully saturated rings. The van der Waals surface area contributed by atoms with Gasteiger partial charge in [0.2, 0.25) is 0 Å². The van der Waals surface area contributed by atoms with Crippen LogP contribution in [0.1, 0.15) is 28.8 Å². The van der Waals surface area contributed by atoms with Crippen LogP contribution in [-0.2, 0) is 11.3 Å². The van der Waals surface area contributed by atoms with Crippen molar-refractivity contribution < 1.29 is 23.8 Å². The number of carboxylic acid groups (broad SMARTS) is 1. The maximum absolute atomic E-state index is 12.0. The molecule has 1 heterocycles. The number of amides is 1. The number of hydrogen-bond donors (Lipinski definition) is 2. The number of rotatable bonds is 6. The van der Waals surface area contributed by atoms with Crippen molar-refractivity contribution in [1.82, 2.24) is 5.32 Å². The van der Waals surface area contributed by atoms with Gasteiger partial charge in [-0.05, 0) is 38.1 Å². The lowest BCUT2D eigenvalue weighted by Gasteiger charge is -2.14. The van der Waals surface area contributed by atoms with Gasteiger partial charge in [-0.25, -0.2) is 4.79 Å². The van der Waals surface area contributed by atoms with E-state index >= 15 is 0 Å². The third kappa shape index (κ3) is 4.50. The molecule has 1 aromatic carbocycles. The Kier molecular flexibility index (Phi) is 5.28. The molecule has 1 amide bonds. The Bertz CT molecular complexity index is 725. The summed E-state index contributed by atoms with van der Waals surface area (Å²) in [6.45, 7) is 3.24. The average molecular weight is 338 g/mol. The molecule has 1 atom stereocenters. The molecule has 1 unspecified atom stereocenters. The fraction of sp³-hybridized carbons (Fsp3) is 0.250. The van der Waals surface area contributed by atoms with E-state index in [1.807, 2.05) is 0 Å². The topological polar surface area (TPSA) is 88.8 Å². The number of halogens is 1. The molecule has 0 bridgehead atoms. The summed E-state index contributed by atoms with van der Waals surface area (Å²) in [5, 5.41) is 12.1. The number of ether oxygens (including phenoxy) is 1. The first-order chi connectivity index (χ1) is 10.9. The Hall–Kier alpha value is -2.47. The zero-order valence-corrected chi connectivity index (χ0v) is 13.4. The van der Waals surface area contributed by atoms with E-state index in [1.54, 1.807) is 38.1 Å². The van der Waals surface area contributed by atoms with Crippen molar-refractivity contribution in [2.24, 2.45) is 0 Å². The molecule has 0 aliphatic rings. The van der Waals surface area contributed by atoms with Crippen LogP contribution in [0.3, 0.4) is 0 Å². The SMILES string of the molecule is Cc1oc(CNC(=O)C(C)Oc2cccc(Cl)c2)cc1C(=O)O. The van der Waals surface area contributed by atoms with Crippen LogP contribution in [0.2, 0.25) is 5.02 Å². The molecule has 23 heavy (non-hydrogen) atoms. The lowest BCUT2D eigenvalue weighted by molar-refractivity contribution is -0.127. The second kappa shape index (κ2) is 7.19. The average Bonchev–Trinajstić information content (AvgIpc) is 2.86. The zero-order valence-electron chi connectivity index (χ0n) is 12.6. The Balaban J connectivity index is 1.91. The highest BCUT2D eigenvalue weighted by Crippen LogP contribution is 2.18. The molecule has 0 saturated carbocycles. The van der Waals surface area contributed by atoms with Gasteiger partial charge in [0.25, 0.3) is 5.91 Å². The molecule has 1 aromatic heterocycles. The summed E-state index contributed by atoms with van der Waals surface area (Å²) < 4.78 is 10.8. The van der Waals surface area contributed by atoms with Gasteiger partial charge in [-0.3, -0.25) is 4.79 Å². The van der Waals surface area contributed by atoms with Crippen molar-refractivity contribution in [2.45, 2.75) is 26.5 Å². The van der Waals surface area contributed by atoms with E-state index in [2.05, 4.69) is 5.32 Å². The van der Waals surface area contributed by atoms with E-state index in [-0.39, 0.29) is 18.0 Å². The fourth-order valence-electron chi connectivity index (χ4n) is 1.96. The number of aromatic carboxylic acids is 1. The first-order valence-electron chi connectivity index (χ1n) is 6.89. The summed E-state index contributed by atoms with van der Waals surface area (Å²) in [5.74, 6) is -0.271. The van der Waals surface area contributed by atoms with Gasteiger partial charge in [0.05, 0.1) is 6.54 Å². The van der Waals surface area contributed by atoms with Crippen LogP contribution in [0.25, 0.3) is 0 Å². The third-order valence-corrected chi connectivity index (χ3v) is 3.35. The van der Waals surface area contributed by atoms with Crippen molar-refractivity contribution in [3.05, 3.63) is 52.4 Å². The van der Waals surface area contributed by atoms with Crippen LogP contribution in [0, 0.1) is 6.92 Å². The molecule has 7 heteroatoms. The van der Waals surface area contributed by atoms with Crippen LogP contribution < -0.4 is 10.1 Å². The van der Waals surface area contributed by atoms with E-state index in [0.29, 0.717) is 22.3 Å². The molecule has 122 valence electrons. The van der Waals surface area contributed by atoms with Crippen molar-refractivity contribution in [1.29, 1.82) is 0 Å². The highest BCUT2D eigenvalue weighted by Gasteiger charge is 2.17. The molecule has 2 rings (SSSR count). The van der Waals surface area contributed by atoms with Crippen molar-refractivity contribution in [3.8, 4) is 5.75 Å². The van der Waals surface area contributed by atoms with Gasteiger partial charge in [0.15, 0.2) is 6.10 Å². The Morgan fingerprint density at radius 2 is 2.13 bits per heavy atom. The number of carboxylic acids is 1. The van der Waals surface area contributed by atoms with Crippen LogP contribution in [0.15, 0.2) is 34.7 Å². The van der Waals surface area contributed by atoms with Gasteiger partial charge in [0.1, 0.15) is 22.8 Å². The minimum absolute atomic E-state index is 0.0796. The zero-order chi connectivity index (χ0) is 17.0. The van der Waals surface area contributed by atoms with Crippen LogP contribution in [0.4, 0.5) is 0 Å². The van der Waals surface area contributed by atoms with Crippen molar-refractivity contribution in [3.63, 3.8) is 0 Å². The highest BCUT2D eigenvalue weighted by molar-refractivity contribution is 6.30. The molecule has 0 spiro atoms. The summed E-state index contributed by atoms with van der Waals surface area (Å²) in [6.07, 6.45) is -0.733. The number of hydrogen-bond acceptors (Lipinski definition) is 4.